The van der Waals surface area contributed by atoms with Gasteiger partial charge in [-0.05, 0) is 6.92 Å². The number of amides is 2. The highest BCUT2D eigenvalue weighted by molar-refractivity contribution is 5.90. The lowest BCUT2D eigenvalue weighted by molar-refractivity contribution is -0.126. The average molecular weight is 272 g/mol. The number of rotatable bonds is 5. The lowest BCUT2D eigenvalue weighted by Crippen LogP contribution is -2.55. The van der Waals surface area contributed by atoms with Crippen molar-refractivity contribution in [1.29, 1.82) is 0 Å². The van der Waals surface area contributed by atoms with Crippen molar-refractivity contribution in [3.05, 3.63) is 0 Å². The van der Waals surface area contributed by atoms with Crippen molar-refractivity contribution in [3.63, 3.8) is 0 Å². The van der Waals surface area contributed by atoms with Gasteiger partial charge in [0.05, 0.1) is 19.3 Å². The van der Waals surface area contributed by atoms with Crippen LogP contribution in [0.25, 0.3) is 0 Å². The number of nitrogens with zero attached hydrogens (tertiary/aromatic N) is 1. The molecule has 1 saturated heterocycles. The molecule has 6 nitrogen and oxygen atoms in total. The third kappa shape index (κ3) is 4.47. The maximum atomic E-state index is 12.1. The summed E-state index contributed by atoms with van der Waals surface area (Å²) in [6, 6.07) is -0.841. The summed E-state index contributed by atoms with van der Waals surface area (Å²) < 4.78 is 10.4. The summed E-state index contributed by atoms with van der Waals surface area (Å²) in [4.78, 5) is 25.9. The molecule has 2 amide bonds. The fraction of sp³-hybridized carbons (Fsp3) is 0.846. The molecular weight excluding hydrogens is 248 g/mol. The molecule has 0 spiro atoms. The Morgan fingerprint density at radius 2 is 1.79 bits per heavy atom. The van der Waals surface area contributed by atoms with E-state index in [4.69, 9.17) is 9.47 Å². The predicted molar refractivity (Wildman–Crippen MR) is 71.0 cm³/mol. The lowest BCUT2D eigenvalue weighted by atomic mass is 9.98. The molecule has 0 aromatic rings. The van der Waals surface area contributed by atoms with Gasteiger partial charge in [0.15, 0.2) is 5.78 Å². The van der Waals surface area contributed by atoms with Crippen LogP contribution < -0.4 is 5.32 Å². The Labute approximate surface area is 114 Å². The van der Waals surface area contributed by atoms with Crippen LogP contribution in [0.2, 0.25) is 0 Å². The number of nitrogens with one attached hydrogen (secondary N) is 1. The quantitative estimate of drug-likeness (QED) is 0.798. The first-order valence-corrected chi connectivity index (χ1v) is 6.67. The number of ketones is 1. The summed E-state index contributed by atoms with van der Waals surface area (Å²) in [5.41, 5.74) is 0. The molecular formula is C13H24N2O4. The van der Waals surface area contributed by atoms with Crippen molar-refractivity contribution in [2.24, 2.45) is 5.92 Å². The molecule has 6 heteroatoms. The van der Waals surface area contributed by atoms with Crippen LogP contribution in [0.4, 0.5) is 4.79 Å². The number of ether oxygens (including phenoxy) is 2. The van der Waals surface area contributed by atoms with E-state index < -0.39 is 6.04 Å². The Bertz CT molecular complexity index is 314. The first-order chi connectivity index (χ1) is 8.97. The Balaban J connectivity index is 2.65. The fourth-order valence-corrected chi connectivity index (χ4v) is 1.91. The largest absolute Gasteiger partial charge is 0.379 e. The van der Waals surface area contributed by atoms with Gasteiger partial charge in [0.1, 0.15) is 6.04 Å². The lowest BCUT2D eigenvalue weighted by Gasteiger charge is -2.31. The van der Waals surface area contributed by atoms with E-state index in [1.165, 1.54) is 7.11 Å². The Hall–Kier alpha value is -1.14. The molecule has 0 aromatic heterocycles. The highest BCUT2D eigenvalue weighted by Crippen LogP contribution is 2.08. The number of hydrogen-bond acceptors (Lipinski definition) is 4. The van der Waals surface area contributed by atoms with Gasteiger partial charge in [-0.3, -0.25) is 4.79 Å². The van der Waals surface area contributed by atoms with Gasteiger partial charge < -0.3 is 19.7 Å². The Morgan fingerprint density at radius 3 is 2.26 bits per heavy atom. The Kier molecular flexibility index (Phi) is 6.24. The zero-order valence-corrected chi connectivity index (χ0v) is 12.1. The van der Waals surface area contributed by atoms with E-state index in [2.05, 4.69) is 5.32 Å². The van der Waals surface area contributed by atoms with Crippen LogP contribution >= 0.6 is 0 Å². The molecule has 0 bridgehead atoms. The Morgan fingerprint density at radius 1 is 1.21 bits per heavy atom. The van der Waals surface area contributed by atoms with Crippen molar-refractivity contribution in [1.82, 2.24) is 10.2 Å². The number of methoxy groups -OCH3 is 1. The summed E-state index contributed by atoms with van der Waals surface area (Å²) in [5, 5.41) is 2.78. The van der Waals surface area contributed by atoms with E-state index in [-0.39, 0.29) is 23.8 Å². The summed E-state index contributed by atoms with van der Waals surface area (Å²) in [6.07, 6.45) is -0.347. The second kappa shape index (κ2) is 7.45. The second-order valence-electron chi connectivity index (χ2n) is 5.02. The van der Waals surface area contributed by atoms with Gasteiger partial charge in [0.25, 0.3) is 0 Å². The molecule has 1 N–H and O–H groups in total. The van der Waals surface area contributed by atoms with E-state index >= 15 is 0 Å². The molecule has 0 aromatic carbocycles. The van der Waals surface area contributed by atoms with Crippen LogP contribution in [-0.2, 0) is 14.3 Å². The number of morpholine rings is 1. The molecule has 0 saturated carbocycles. The van der Waals surface area contributed by atoms with E-state index in [0.717, 1.165) is 0 Å². The van der Waals surface area contributed by atoms with Gasteiger partial charge >= 0.3 is 6.03 Å². The number of carbonyl (C=O) groups excluding carboxylic acids is 2. The van der Waals surface area contributed by atoms with Gasteiger partial charge in [-0.15, -0.1) is 0 Å². The summed E-state index contributed by atoms with van der Waals surface area (Å²) >= 11 is 0. The normalized spacial score (nSPS) is 19.1. The summed E-state index contributed by atoms with van der Waals surface area (Å²) in [6.45, 7) is 7.60. The van der Waals surface area contributed by atoms with Crippen LogP contribution in [0.5, 0.6) is 0 Å². The number of hydrogen-bond donors (Lipinski definition) is 1. The maximum absolute atomic E-state index is 12.1. The second-order valence-corrected chi connectivity index (χ2v) is 5.02. The number of carbonyl (C=O) groups is 2. The highest BCUT2D eigenvalue weighted by Gasteiger charge is 2.30. The third-order valence-electron chi connectivity index (χ3n) is 3.29. The monoisotopic (exact) mass is 272 g/mol. The SMILES string of the molecule is CO[C@H](C)[C@H](NC(=O)N1CCOCC1)C(=O)C(C)C. The molecule has 19 heavy (non-hydrogen) atoms. The third-order valence-corrected chi connectivity index (χ3v) is 3.29. The van der Waals surface area contributed by atoms with Crippen molar-refractivity contribution < 1.29 is 19.1 Å². The number of urea groups is 1. The van der Waals surface area contributed by atoms with Gasteiger partial charge in [-0.25, -0.2) is 4.79 Å². The van der Waals surface area contributed by atoms with Crippen LogP contribution in [0.3, 0.4) is 0 Å². The maximum Gasteiger partial charge on any atom is 0.318 e. The highest BCUT2D eigenvalue weighted by atomic mass is 16.5. The molecule has 1 aliphatic heterocycles. The molecule has 2 atom stereocenters. The molecule has 0 aliphatic carbocycles. The van der Waals surface area contributed by atoms with E-state index in [9.17, 15) is 9.59 Å². The number of Topliss-reactive ketones (excluding diaryl/α,β-unsaturated/α-hetero) is 1. The first kappa shape index (κ1) is 15.9. The molecule has 110 valence electrons. The van der Waals surface area contributed by atoms with Gasteiger partial charge in [0, 0.05) is 26.1 Å². The van der Waals surface area contributed by atoms with Crippen LogP contribution in [0, 0.1) is 5.92 Å². The van der Waals surface area contributed by atoms with Gasteiger partial charge in [-0.2, -0.15) is 0 Å². The topological polar surface area (TPSA) is 67.9 Å². The summed E-state index contributed by atoms with van der Waals surface area (Å²) in [7, 11) is 1.53. The van der Waals surface area contributed by atoms with E-state index in [1.54, 1.807) is 11.8 Å². The molecule has 1 fully saturated rings. The minimum atomic E-state index is -0.611. The van der Waals surface area contributed by atoms with Crippen molar-refractivity contribution in [2.75, 3.05) is 33.4 Å². The van der Waals surface area contributed by atoms with E-state index in [1.807, 2.05) is 13.8 Å². The van der Waals surface area contributed by atoms with Gasteiger partial charge in [-0.1, -0.05) is 13.8 Å². The van der Waals surface area contributed by atoms with E-state index in [0.29, 0.717) is 26.3 Å². The molecule has 1 aliphatic rings. The van der Waals surface area contributed by atoms with Crippen LogP contribution in [0.1, 0.15) is 20.8 Å². The zero-order valence-electron chi connectivity index (χ0n) is 12.1. The van der Waals surface area contributed by atoms with Crippen molar-refractivity contribution >= 4 is 11.8 Å². The average Bonchev–Trinajstić information content (AvgIpc) is 2.43. The minimum absolute atomic E-state index is 0.0176. The zero-order chi connectivity index (χ0) is 14.4. The molecule has 0 radical (unpaired) electrons. The van der Waals surface area contributed by atoms with Crippen LogP contribution in [-0.4, -0.2) is 62.3 Å². The molecule has 1 heterocycles. The van der Waals surface area contributed by atoms with Crippen molar-refractivity contribution in [3.8, 4) is 0 Å². The molecule has 1 rings (SSSR count). The molecule has 0 unspecified atom stereocenters. The standard InChI is InChI=1S/C13H24N2O4/c1-9(2)12(16)11(10(3)18-4)14-13(17)15-5-7-19-8-6-15/h9-11H,5-8H2,1-4H3,(H,14,17)/t10-,11+/m1/s1. The van der Waals surface area contributed by atoms with Crippen molar-refractivity contribution in [2.45, 2.75) is 32.9 Å². The van der Waals surface area contributed by atoms with Gasteiger partial charge in [0.2, 0.25) is 0 Å². The first-order valence-electron chi connectivity index (χ1n) is 6.67. The predicted octanol–water partition coefficient (Wildman–Crippen LogP) is 0.657. The fourth-order valence-electron chi connectivity index (χ4n) is 1.91. The summed E-state index contributed by atoms with van der Waals surface area (Å²) in [5.74, 6) is -0.163. The van der Waals surface area contributed by atoms with Crippen LogP contribution in [0.15, 0.2) is 0 Å². The minimum Gasteiger partial charge on any atom is -0.379 e. The smallest absolute Gasteiger partial charge is 0.318 e.